The van der Waals surface area contributed by atoms with Gasteiger partial charge in [0, 0.05) is 45.3 Å². The van der Waals surface area contributed by atoms with Crippen LogP contribution in [-0.2, 0) is 11.3 Å². The molecule has 1 aromatic heterocycles. The molecule has 0 saturated carbocycles. The van der Waals surface area contributed by atoms with Crippen molar-refractivity contribution in [1.82, 2.24) is 24.8 Å². The van der Waals surface area contributed by atoms with Gasteiger partial charge in [-0.3, -0.25) is 14.6 Å². The summed E-state index contributed by atoms with van der Waals surface area (Å²) in [6.45, 7) is 8.67. The van der Waals surface area contributed by atoms with Crippen molar-refractivity contribution in [1.29, 1.82) is 0 Å². The quantitative estimate of drug-likeness (QED) is 0.569. The molecule has 0 radical (unpaired) electrons. The lowest BCUT2D eigenvalue weighted by molar-refractivity contribution is -0.132. The predicted octanol–water partition coefficient (Wildman–Crippen LogP) is 3.38. The predicted molar refractivity (Wildman–Crippen MR) is 124 cm³/mol. The van der Waals surface area contributed by atoms with Crippen LogP contribution in [0.5, 0.6) is 0 Å². The smallest absolute Gasteiger partial charge is 0.244 e. The summed E-state index contributed by atoms with van der Waals surface area (Å²) >= 11 is 0. The van der Waals surface area contributed by atoms with Gasteiger partial charge in [-0.15, -0.1) is 0 Å². The molecule has 168 valence electrons. The van der Waals surface area contributed by atoms with Crippen LogP contribution in [0.15, 0.2) is 59.1 Å². The highest BCUT2D eigenvalue weighted by molar-refractivity contribution is 5.78. The first-order valence-corrected chi connectivity index (χ1v) is 11.1. The highest BCUT2D eigenvalue weighted by Crippen LogP contribution is 2.23. The van der Waals surface area contributed by atoms with E-state index in [4.69, 9.17) is 4.52 Å². The van der Waals surface area contributed by atoms with Crippen LogP contribution >= 0.6 is 0 Å². The van der Waals surface area contributed by atoms with Gasteiger partial charge in [-0.2, -0.15) is 4.98 Å². The monoisotopic (exact) mass is 433 g/mol. The van der Waals surface area contributed by atoms with E-state index in [9.17, 15) is 4.79 Å². The van der Waals surface area contributed by atoms with Crippen LogP contribution < -0.4 is 0 Å². The minimum Gasteiger partial charge on any atom is -0.340 e. The van der Waals surface area contributed by atoms with Crippen molar-refractivity contribution in [2.24, 2.45) is 0 Å². The van der Waals surface area contributed by atoms with Gasteiger partial charge >= 0.3 is 0 Å². The van der Waals surface area contributed by atoms with Crippen molar-refractivity contribution in [2.75, 3.05) is 39.8 Å². The molecule has 2 aromatic carbocycles. The number of benzene rings is 2. The fourth-order valence-electron chi connectivity index (χ4n) is 4.02. The topological polar surface area (TPSA) is 65.7 Å². The summed E-state index contributed by atoms with van der Waals surface area (Å²) in [7, 11) is 1.88. The lowest BCUT2D eigenvalue weighted by Gasteiger charge is -2.37. The van der Waals surface area contributed by atoms with Gasteiger partial charge in [0.1, 0.15) is 0 Å². The number of rotatable bonds is 7. The third-order valence-electron chi connectivity index (χ3n) is 6.24. The molecule has 4 rings (SSSR count). The number of likely N-dealkylation sites (N-methyl/N-ethyl adjacent to an activating group) is 1. The highest BCUT2D eigenvalue weighted by Gasteiger charge is 2.27. The van der Waals surface area contributed by atoms with Crippen LogP contribution in [0.4, 0.5) is 0 Å². The molecule has 32 heavy (non-hydrogen) atoms. The molecule has 1 amide bonds. The Hall–Kier alpha value is -3.03. The van der Waals surface area contributed by atoms with E-state index >= 15 is 0 Å². The maximum Gasteiger partial charge on any atom is 0.244 e. The van der Waals surface area contributed by atoms with Gasteiger partial charge < -0.3 is 9.42 Å². The molecule has 7 nitrogen and oxygen atoms in total. The van der Waals surface area contributed by atoms with Crippen LogP contribution in [-0.4, -0.2) is 70.5 Å². The number of hydrogen-bond donors (Lipinski definition) is 0. The van der Waals surface area contributed by atoms with E-state index in [1.165, 1.54) is 11.1 Å². The van der Waals surface area contributed by atoms with Gasteiger partial charge in [0.15, 0.2) is 0 Å². The first-order chi connectivity index (χ1) is 15.5. The van der Waals surface area contributed by atoms with Crippen molar-refractivity contribution >= 4 is 5.91 Å². The molecule has 1 saturated heterocycles. The van der Waals surface area contributed by atoms with Crippen LogP contribution in [0, 0.1) is 6.92 Å². The summed E-state index contributed by atoms with van der Waals surface area (Å²) in [5.74, 6) is 1.40. The summed E-state index contributed by atoms with van der Waals surface area (Å²) in [4.78, 5) is 23.7. The Kier molecular flexibility index (Phi) is 6.97. The molecule has 1 aliphatic rings. The Bertz CT molecular complexity index is 1030. The Morgan fingerprint density at radius 1 is 1.06 bits per heavy atom. The Morgan fingerprint density at radius 2 is 1.75 bits per heavy atom. The number of piperazine rings is 1. The fraction of sp³-hybridized carbons (Fsp3) is 0.400. The second-order valence-electron chi connectivity index (χ2n) is 8.49. The zero-order valence-corrected chi connectivity index (χ0v) is 19.1. The van der Waals surface area contributed by atoms with Crippen LogP contribution in [0.25, 0.3) is 11.4 Å². The lowest BCUT2D eigenvalue weighted by atomic mass is 10.1. The van der Waals surface area contributed by atoms with Crippen molar-refractivity contribution in [2.45, 2.75) is 26.4 Å². The molecule has 0 aliphatic carbocycles. The molecule has 1 aliphatic heterocycles. The second-order valence-corrected chi connectivity index (χ2v) is 8.49. The summed E-state index contributed by atoms with van der Waals surface area (Å²) in [6, 6.07) is 18.1. The molecule has 7 heteroatoms. The van der Waals surface area contributed by atoms with E-state index in [-0.39, 0.29) is 11.9 Å². The largest absolute Gasteiger partial charge is 0.340 e. The molecule has 1 fully saturated rings. The maximum atomic E-state index is 12.7. The zero-order chi connectivity index (χ0) is 22.5. The van der Waals surface area contributed by atoms with Gasteiger partial charge in [-0.1, -0.05) is 59.8 Å². The summed E-state index contributed by atoms with van der Waals surface area (Å²) in [6.07, 6.45) is 0. The molecular formula is C25H31N5O2. The van der Waals surface area contributed by atoms with Gasteiger partial charge in [0.2, 0.25) is 17.6 Å². The number of aryl methyl sites for hydroxylation is 1. The number of amides is 1. The van der Waals surface area contributed by atoms with Crippen molar-refractivity contribution in [3.8, 4) is 11.4 Å². The fourth-order valence-corrected chi connectivity index (χ4v) is 4.02. The Morgan fingerprint density at radius 3 is 2.47 bits per heavy atom. The third kappa shape index (κ3) is 5.23. The van der Waals surface area contributed by atoms with E-state index in [2.05, 4.69) is 45.9 Å². The van der Waals surface area contributed by atoms with E-state index in [1.807, 2.05) is 54.4 Å². The van der Waals surface area contributed by atoms with E-state index in [0.29, 0.717) is 24.8 Å². The van der Waals surface area contributed by atoms with Gasteiger partial charge in [0.05, 0.1) is 12.6 Å². The first-order valence-electron chi connectivity index (χ1n) is 11.1. The number of aromatic nitrogens is 2. The van der Waals surface area contributed by atoms with Crippen molar-refractivity contribution in [3.05, 3.63) is 71.6 Å². The van der Waals surface area contributed by atoms with E-state index in [1.54, 1.807) is 0 Å². The SMILES string of the molecule is Cc1ccccc1CN(C)C(=O)CN1CCN(C(C)c2nc(-c3ccccc3)no2)CC1. The summed E-state index contributed by atoms with van der Waals surface area (Å²) < 4.78 is 5.55. The van der Waals surface area contributed by atoms with Crippen LogP contribution in [0.2, 0.25) is 0 Å². The number of carbonyl (C=O) groups is 1. The second kappa shape index (κ2) is 10.1. The molecule has 0 N–H and O–H groups in total. The lowest BCUT2D eigenvalue weighted by Crippen LogP contribution is -2.50. The van der Waals surface area contributed by atoms with E-state index < -0.39 is 0 Å². The Balaban J connectivity index is 1.27. The molecule has 1 atom stereocenters. The zero-order valence-electron chi connectivity index (χ0n) is 19.1. The van der Waals surface area contributed by atoms with Gasteiger partial charge in [-0.05, 0) is 25.0 Å². The van der Waals surface area contributed by atoms with Crippen molar-refractivity contribution in [3.63, 3.8) is 0 Å². The minimum absolute atomic E-state index is 0.0431. The maximum absolute atomic E-state index is 12.7. The summed E-state index contributed by atoms with van der Waals surface area (Å²) in [5, 5.41) is 4.14. The average molecular weight is 434 g/mol. The standard InChI is InChI=1S/C25H31N5O2/c1-19-9-7-8-12-22(19)17-28(3)23(31)18-29-13-15-30(16-14-29)20(2)25-26-24(27-32-25)21-10-5-4-6-11-21/h4-12,20H,13-18H2,1-3H3. The van der Waals surface area contributed by atoms with Gasteiger partial charge in [0.25, 0.3) is 0 Å². The highest BCUT2D eigenvalue weighted by atomic mass is 16.5. The first kappa shape index (κ1) is 22.2. The number of hydrogen-bond acceptors (Lipinski definition) is 6. The molecular weight excluding hydrogens is 402 g/mol. The van der Waals surface area contributed by atoms with Crippen molar-refractivity contribution < 1.29 is 9.32 Å². The molecule has 0 bridgehead atoms. The van der Waals surface area contributed by atoms with E-state index in [0.717, 1.165) is 31.7 Å². The number of nitrogens with zero attached hydrogens (tertiary/aromatic N) is 5. The average Bonchev–Trinajstić information content (AvgIpc) is 3.31. The van der Waals surface area contributed by atoms with Crippen LogP contribution in [0.3, 0.4) is 0 Å². The van der Waals surface area contributed by atoms with Crippen LogP contribution in [0.1, 0.15) is 30.0 Å². The molecule has 2 heterocycles. The molecule has 1 unspecified atom stereocenters. The number of carbonyl (C=O) groups excluding carboxylic acids is 1. The Labute approximate surface area is 189 Å². The minimum atomic E-state index is 0.0431. The van der Waals surface area contributed by atoms with Gasteiger partial charge in [-0.25, -0.2) is 0 Å². The molecule has 0 spiro atoms. The normalized spacial score (nSPS) is 16.1. The molecule has 3 aromatic rings. The summed E-state index contributed by atoms with van der Waals surface area (Å²) in [5.41, 5.74) is 3.36. The third-order valence-corrected chi connectivity index (χ3v) is 6.24.